The summed E-state index contributed by atoms with van der Waals surface area (Å²) in [4.78, 5) is 31.9. The number of carboxylic acids is 1. The molecule has 0 aromatic rings. The second-order valence-corrected chi connectivity index (χ2v) is 5.24. The number of carbonyl (C=O) groups is 3. The zero-order chi connectivity index (χ0) is 21.1. The van der Waals surface area contributed by atoms with Crippen molar-refractivity contribution in [3.05, 3.63) is 25.0 Å². The first kappa shape index (κ1) is 24.5. The van der Waals surface area contributed by atoms with Crippen LogP contribution >= 0.6 is 0 Å². The molecule has 0 spiro atoms. The fourth-order valence-corrected chi connectivity index (χ4v) is 1.97. The highest BCUT2D eigenvalue weighted by molar-refractivity contribution is 5.85. The largest absolute Gasteiger partial charge is 0.478 e. The minimum atomic E-state index is -1.46. The predicted molar refractivity (Wildman–Crippen MR) is 90.1 cm³/mol. The molecule has 0 bridgehead atoms. The molecule has 0 radical (unpaired) electrons. The molecule has 0 saturated carbocycles. The van der Waals surface area contributed by atoms with E-state index in [1.807, 2.05) is 0 Å². The molecule has 5 N–H and O–H groups in total. The van der Waals surface area contributed by atoms with Gasteiger partial charge in [0.1, 0.15) is 24.4 Å². The van der Waals surface area contributed by atoms with E-state index in [0.717, 1.165) is 6.08 Å². The van der Waals surface area contributed by atoms with Crippen LogP contribution in [0.5, 0.6) is 0 Å². The van der Waals surface area contributed by atoms with Gasteiger partial charge in [0.25, 0.3) is 0 Å². The van der Waals surface area contributed by atoms with Crippen LogP contribution in [-0.2, 0) is 28.6 Å². The molecule has 1 amide bonds. The first-order valence-electron chi connectivity index (χ1n) is 7.86. The molecule has 0 aliphatic carbocycles. The lowest BCUT2D eigenvalue weighted by atomic mass is 9.97. The summed E-state index contributed by atoms with van der Waals surface area (Å²) in [5.41, 5.74) is 0. The number of rotatable bonds is 7. The summed E-state index contributed by atoms with van der Waals surface area (Å²) in [5, 5.41) is 38.9. The minimum Gasteiger partial charge on any atom is -0.478 e. The van der Waals surface area contributed by atoms with Gasteiger partial charge in [-0.2, -0.15) is 0 Å². The van der Waals surface area contributed by atoms with E-state index < -0.39 is 55.1 Å². The zero-order valence-corrected chi connectivity index (χ0v) is 15.0. The Morgan fingerprint density at radius 2 is 1.81 bits per heavy atom. The summed E-state index contributed by atoms with van der Waals surface area (Å²) in [6.07, 6.45) is -4.52. The summed E-state index contributed by atoms with van der Waals surface area (Å²) in [5.74, 6) is -2.70. The maximum absolute atomic E-state index is 11.5. The molecule has 5 unspecified atom stereocenters. The highest BCUT2D eigenvalue weighted by Gasteiger charge is 2.46. The third kappa shape index (κ3) is 8.17. The Balaban J connectivity index is 0.00000119. The fourth-order valence-electron chi connectivity index (χ4n) is 1.97. The van der Waals surface area contributed by atoms with Crippen molar-refractivity contribution in [2.24, 2.45) is 0 Å². The Hall–Kier alpha value is -2.47. The van der Waals surface area contributed by atoms with E-state index >= 15 is 0 Å². The maximum atomic E-state index is 11.5. The van der Waals surface area contributed by atoms with Gasteiger partial charge < -0.3 is 40.0 Å². The van der Waals surface area contributed by atoms with Crippen LogP contribution in [0.15, 0.2) is 25.0 Å². The van der Waals surface area contributed by atoms with E-state index in [1.165, 1.54) is 6.92 Å². The van der Waals surface area contributed by atoms with Crippen molar-refractivity contribution in [1.82, 2.24) is 5.32 Å². The number of hydrogen-bond acceptors (Lipinski definition) is 9. The molecule has 11 nitrogen and oxygen atoms in total. The number of aliphatic hydroxyl groups is 3. The lowest BCUT2D eigenvalue weighted by Crippen LogP contribution is -2.64. The van der Waals surface area contributed by atoms with Gasteiger partial charge in [0.05, 0.1) is 13.2 Å². The van der Waals surface area contributed by atoms with Gasteiger partial charge in [-0.15, -0.1) is 0 Å². The Morgan fingerprint density at radius 1 is 1.26 bits per heavy atom. The Labute approximate surface area is 155 Å². The van der Waals surface area contributed by atoms with Crippen molar-refractivity contribution in [2.75, 3.05) is 13.2 Å². The van der Waals surface area contributed by atoms with E-state index in [4.69, 9.17) is 24.4 Å². The Bertz CT molecular complexity index is 549. The summed E-state index contributed by atoms with van der Waals surface area (Å²) in [6.45, 7) is 8.67. The van der Waals surface area contributed by atoms with Gasteiger partial charge in [-0.25, -0.2) is 9.59 Å². The van der Waals surface area contributed by atoms with Crippen LogP contribution in [0.3, 0.4) is 0 Å². The molecule has 1 aliphatic rings. The van der Waals surface area contributed by atoms with Crippen molar-refractivity contribution in [3.8, 4) is 0 Å². The number of carbonyl (C=O) groups excluding carboxylic acids is 2. The molecule has 1 heterocycles. The number of aliphatic carboxylic acids is 1. The Morgan fingerprint density at radius 3 is 2.22 bits per heavy atom. The minimum absolute atomic E-state index is 0.114. The SMILES string of the molecule is C=C(OC1OC(CO)C(O)C(O)C1NC(C)=O)C(=O)OCC.C=CC(=O)O. The number of nitrogens with one attached hydrogen (secondary N) is 1. The number of aliphatic hydroxyl groups excluding tert-OH is 3. The molecule has 27 heavy (non-hydrogen) atoms. The van der Waals surface area contributed by atoms with Gasteiger partial charge in [0, 0.05) is 13.0 Å². The normalized spacial score (nSPS) is 26.6. The highest BCUT2D eigenvalue weighted by Crippen LogP contribution is 2.23. The molecular formula is C16H25NO10. The van der Waals surface area contributed by atoms with Gasteiger partial charge in [0.2, 0.25) is 18.0 Å². The molecule has 11 heteroatoms. The second-order valence-electron chi connectivity index (χ2n) is 5.24. The third-order valence-electron chi connectivity index (χ3n) is 3.19. The lowest BCUT2D eigenvalue weighted by molar-refractivity contribution is -0.260. The van der Waals surface area contributed by atoms with E-state index in [2.05, 4.69) is 18.5 Å². The van der Waals surface area contributed by atoms with Crippen LogP contribution in [0.4, 0.5) is 0 Å². The molecule has 154 valence electrons. The molecule has 1 saturated heterocycles. The van der Waals surface area contributed by atoms with Gasteiger partial charge >= 0.3 is 11.9 Å². The predicted octanol–water partition coefficient (Wildman–Crippen LogP) is -1.72. The standard InChI is InChI=1S/C13H21NO8.C3H4O2/c1-4-20-12(19)6(2)21-13-9(14-7(3)16)11(18)10(17)8(5-15)22-13;1-2-3(4)5/h8-11,13,15,17-18H,2,4-5H2,1,3H3,(H,14,16);2H,1H2,(H,4,5). The average molecular weight is 391 g/mol. The van der Waals surface area contributed by atoms with Crippen molar-refractivity contribution >= 4 is 17.8 Å². The molecule has 5 atom stereocenters. The maximum Gasteiger partial charge on any atom is 0.373 e. The fraction of sp³-hybridized carbons (Fsp3) is 0.562. The molecule has 0 aromatic heterocycles. The molecule has 1 aliphatic heterocycles. The second kappa shape index (κ2) is 12.0. The van der Waals surface area contributed by atoms with E-state index in [1.54, 1.807) is 6.92 Å². The van der Waals surface area contributed by atoms with Gasteiger partial charge in [-0.3, -0.25) is 4.79 Å². The highest BCUT2D eigenvalue weighted by atomic mass is 16.7. The van der Waals surface area contributed by atoms with Crippen LogP contribution in [0, 0.1) is 0 Å². The quantitative estimate of drug-likeness (QED) is 0.191. The molecular weight excluding hydrogens is 366 g/mol. The van der Waals surface area contributed by atoms with Gasteiger partial charge in [-0.05, 0) is 13.5 Å². The smallest absolute Gasteiger partial charge is 0.373 e. The summed E-state index contributed by atoms with van der Waals surface area (Å²) >= 11 is 0. The summed E-state index contributed by atoms with van der Waals surface area (Å²) < 4.78 is 15.1. The van der Waals surface area contributed by atoms with Crippen molar-refractivity contribution in [2.45, 2.75) is 44.5 Å². The summed E-state index contributed by atoms with van der Waals surface area (Å²) in [7, 11) is 0. The number of amides is 1. The van der Waals surface area contributed by atoms with Crippen molar-refractivity contribution in [3.63, 3.8) is 0 Å². The van der Waals surface area contributed by atoms with E-state index in [-0.39, 0.29) is 12.4 Å². The monoisotopic (exact) mass is 391 g/mol. The first-order valence-corrected chi connectivity index (χ1v) is 7.86. The molecule has 1 fully saturated rings. The number of ether oxygens (including phenoxy) is 3. The van der Waals surface area contributed by atoms with Crippen LogP contribution in [0.1, 0.15) is 13.8 Å². The molecule has 0 aromatic carbocycles. The number of carboxylic acid groups (broad SMARTS) is 1. The summed E-state index contributed by atoms with van der Waals surface area (Å²) in [6, 6.07) is -1.15. The van der Waals surface area contributed by atoms with E-state index in [0.29, 0.717) is 0 Å². The number of hydrogen-bond donors (Lipinski definition) is 5. The topological polar surface area (TPSA) is 172 Å². The van der Waals surface area contributed by atoms with Crippen molar-refractivity contribution in [1.29, 1.82) is 0 Å². The zero-order valence-electron chi connectivity index (χ0n) is 15.0. The average Bonchev–Trinajstić information content (AvgIpc) is 2.61. The van der Waals surface area contributed by atoms with Crippen LogP contribution in [0.2, 0.25) is 0 Å². The molecule has 1 rings (SSSR count). The van der Waals surface area contributed by atoms with Gasteiger partial charge in [-0.1, -0.05) is 6.58 Å². The van der Waals surface area contributed by atoms with Crippen molar-refractivity contribution < 1.29 is 49.0 Å². The van der Waals surface area contributed by atoms with Crippen LogP contribution in [-0.4, -0.2) is 82.1 Å². The van der Waals surface area contributed by atoms with Crippen LogP contribution < -0.4 is 5.32 Å². The van der Waals surface area contributed by atoms with E-state index in [9.17, 15) is 24.6 Å². The lowest BCUT2D eigenvalue weighted by Gasteiger charge is -2.42. The third-order valence-corrected chi connectivity index (χ3v) is 3.19. The Kier molecular flexibility index (Phi) is 10.9. The van der Waals surface area contributed by atoms with Crippen LogP contribution in [0.25, 0.3) is 0 Å². The number of esters is 1. The van der Waals surface area contributed by atoms with Gasteiger partial charge in [0.15, 0.2) is 0 Å². The first-order chi connectivity index (χ1) is 12.6.